The molecule has 2 unspecified atom stereocenters. The van der Waals surface area contributed by atoms with Gasteiger partial charge in [-0.1, -0.05) is 18.5 Å². The van der Waals surface area contributed by atoms with Gasteiger partial charge in [-0.3, -0.25) is 4.90 Å². The number of fused-ring (bicyclic) bond motifs is 1. The van der Waals surface area contributed by atoms with Crippen LogP contribution in [0.5, 0.6) is 11.5 Å². The molecule has 2 aliphatic rings. The normalized spacial score (nSPS) is 26.6. The number of β-amino-alcohol motifs (C(OH)–C–C–N with tert-alkyl or cyclic N) is 1. The molecular formula is C15H20ClNO3. The van der Waals surface area contributed by atoms with Crippen molar-refractivity contribution >= 4 is 11.6 Å². The molecule has 2 aliphatic heterocycles. The number of likely N-dealkylation sites (tertiary alicyclic amines) is 1. The Kier molecular flexibility index (Phi) is 4.06. The van der Waals surface area contributed by atoms with Gasteiger partial charge in [0.25, 0.3) is 0 Å². The van der Waals surface area contributed by atoms with E-state index in [1.165, 1.54) is 0 Å². The lowest BCUT2D eigenvalue weighted by atomic mass is 9.96. The first-order valence-electron chi connectivity index (χ1n) is 7.12. The zero-order chi connectivity index (χ0) is 14.1. The SMILES string of the molecule is CC1CCN(Cc2cc(Cl)c3c(c2)OCCO3)CC1O. The maximum atomic E-state index is 9.96. The highest BCUT2D eigenvalue weighted by atomic mass is 35.5. The molecule has 5 heteroatoms. The average Bonchev–Trinajstić information content (AvgIpc) is 2.43. The molecule has 0 radical (unpaired) electrons. The van der Waals surface area contributed by atoms with Crippen LogP contribution in [0.3, 0.4) is 0 Å². The molecule has 2 atom stereocenters. The quantitative estimate of drug-likeness (QED) is 0.910. The van der Waals surface area contributed by atoms with Crippen molar-refractivity contribution < 1.29 is 14.6 Å². The van der Waals surface area contributed by atoms with Crippen molar-refractivity contribution in [3.63, 3.8) is 0 Å². The summed E-state index contributed by atoms with van der Waals surface area (Å²) < 4.78 is 11.1. The summed E-state index contributed by atoms with van der Waals surface area (Å²) in [7, 11) is 0. The van der Waals surface area contributed by atoms with Crippen LogP contribution >= 0.6 is 11.6 Å². The fraction of sp³-hybridized carbons (Fsp3) is 0.600. The van der Waals surface area contributed by atoms with Gasteiger partial charge in [0.2, 0.25) is 0 Å². The zero-order valence-corrected chi connectivity index (χ0v) is 12.4. The summed E-state index contributed by atoms with van der Waals surface area (Å²) in [5.74, 6) is 1.76. The summed E-state index contributed by atoms with van der Waals surface area (Å²) in [6.45, 7) is 5.70. The van der Waals surface area contributed by atoms with Gasteiger partial charge in [-0.25, -0.2) is 0 Å². The monoisotopic (exact) mass is 297 g/mol. The van der Waals surface area contributed by atoms with E-state index < -0.39 is 0 Å². The van der Waals surface area contributed by atoms with Crippen molar-refractivity contribution in [2.45, 2.75) is 26.0 Å². The molecular weight excluding hydrogens is 278 g/mol. The molecule has 1 saturated heterocycles. The van der Waals surface area contributed by atoms with Crippen LogP contribution in [0.4, 0.5) is 0 Å². The number of aliphatic hydroxyl groups excluding tert-OH is 1. The minimum atomic E-state index is -0.239. The van der Waals surface area contributed by atoms with Gasteiger partial charge >= 0.3 is 0 Å². The molecule has 0 aliphatic carbocycles. The molecule has 1 aromatic rings. The van der Waals surface area contributed by atoms with Gasteiger partial charge in [-0.15, -0.1) is 0 Å². The molecule has 20 heavy (non-hydrogen) atoms. The van der Waals surface area contributed by atoms with E-state index in [9.17, 15) is 5.11 Å². The van der Waals surface area contributed by atoms with Crippen LogP contribution in [0.15, 0.2) is 12.1 Å². The number of rotatable bonds is 2. The summed E-state index contributed by atoms with van der Waals surface area (Å²) in [6.07, 6.45) is 0.788. The minimum Gasteiger partial charge on any atom is -0.486 e. The Morgan fingerprint density at radius 1 is 1.35 bits per heavy atom. The van der Waals surface area contributed by atoms with E-state index in [0.29, 0.717) is 36.4 Å². The predicted octanol–water partition coefficient (Wildman–Crippen LogP) is 2.31. The van der Waals surface area contributed by atoms with Crippen LogP contribution < -0.4 is 9.47 Å². The molecule has 4 nitrogen and oxygen atoms in total. The van der Waals surface area contributed by atoms with Crippen molar-refractivity contribution in [1.29, 1.82) is 0 Å². The van der Waals surface area contributed by atoms with Crippen LogP contribution in [0, 0.1) is 5.92 Å². The molecule has 2 heterocycles. The maximum Gasteiger partial charge on any atom is 0.179 e. The van der Waals surface area contributed by atoms with Crippen molar-refractivity contribution in [1.82, 2.24) is 4.90 Å². The highest BCUT2D eigenvalue weighted by Gasteiger charge is 2.25. The number of aliphatic hydroxyl groups is 1. The van der Waals surface area contributed by atoms with E-state index in [1.54, 1.807) is 0 Å². The molecule has 0 bridgehead atoms. The molecule has 3 rings (SSSR count). The third-order valence-electron chi connectivity index (χ3n) is 4.07. The highest BCUT2D eigenvalue weighted by Crippen LogP contribution is 2.38. The second-order valence-corrected chi connectivity index (χ2v) is 6.08. The van der Waals surface area contributed by atoms with Crippen LogP contribution in [-0.2, 0) is 6.54 Å². The molecule has 0 aromatic heterocycles. The second-order valence-electron chi connectivity index (χ2n) is 5.67. The summed E-state index contributed by atoms with van der Waals surface area (Å²) in [6, 6.07) is 3.92. The van der Waals surface area contributed by atoms with Gasteiger partial charge < -0.3 is 14.6 Å². The lowest BCUT2D eigenvalue weighted by Gasteiger charge is -2.34. The van der Waals surface area contributed by atoms with Gasteiger partial charge in [0, 0.05) is 13.1 Å². The van der Waals surface area contributed by atoms with Gasteiger partial charge in [0.1, 0.15) is 13.2 Å². The van der Waals surface area contributed by atoms with Crippen molar-refractivity contribution in [3.05, 3.63) is 22.7 Å². The van der Waals surface area contributed by atoms with E-state index >= 15 is 0 Å². The topological polar surface area (TPSA) is 41.9 Å². The fourth-order valence-corrected chi connectivity index (χ4v) is 3.06. The third-order valence-corrected chi connectivity index (χ3v) is 4.35. The summed E-state index contributed by atoms with van der Waals surface area (Å²) in [5.41, 5.74) is 1.10. The van der Waals surface area contributed by atoms with Gasteiger partial charge in [0.05, 0.1) is 11.1 Å². The fourth-order valence-electron chi connectivity index (χ4n) is 2.77. The highest BCUT2D eigenvalue weighted by molar-refractivity contribution is 6.32. The van der Waals surface area contributed by atoms with Gasteiger partial charge in [-0.05, 0) is 36.6 Å². The van der Waals surface area contributed by atoms with E-state index in [1.807, 2.05) is 12.1 Å². The standard InChI is InChI=1S/C15H20ClNO3/c1-10-2-3-17(9-13(10)18)8-11-6-12(16)15-14(7-11)19-4-5-20-15/h6-7,10,13,18H,2-5,8-9H2,1H3. The molecule has 1 fully saturated rings. The number of hydrogen-bond donors (Lipinski definition) is 1. The average molecular weight is 298 g/mol. The maximum absolute atomic E-state index is 9.96. The second kappa shape index (κ2) is 5.80. The lowest BCUT2D eigenvalue weighted by molar-refractivity contribution is 0.0258. The van der Waals surface area contributed by atoms with Crippen LogP contribution in [0.25, 0.3) is 0 Å². The van der Waals surface area contributed by atoms with E-state index in [-0.39, 0.29) is 6.10 Å². The first-order valence-corrected chi connectivity index (χ1v) is 7.49. The Balaban J connectivity index is 1.73. The number of halogens is 1. The predicted molar refractivity (Wildman–Crippen MR) is 77.5 cm³/mol. The number of hydrogen-bond acceptors (Lipinski definition) is 4. The summed E-state index contributed by atoms with van der Waals surface area (Å²) in [5, 5.41) is 10.6. The Bertz CT molecular complexity index is 494. The van der Waals surface area contributed by atoms with E-state index in [2.05, 4.69) is 11.8 Å². The Morgan fingerprint density at radius 3 is 2.95 bits per heavy atom. The van der Waals surface area contributed by atoms with Gasteiger partial charge in [-0.2, -0.15) is 0 Å². The van der Waals surface area contributed by atoms with Crippen LogP contribution in [-0.4, -0.2) is 42.4 Å². The molecule has 110 valence electrons. The number of ether oxygens (including phenoxy) is 2. The largest absolute Gasteiger partial charge is 0.486 e. The van der Waals surface area contributed by atoms with E-state index in [0.717, 1.165) is 30.8 Å². The van der Waals surface area contributed by atoms with Crippen LogP contribution in [0.2, 0.25) is 5.02 Å². The molecule has 0 amide bonds. The molecule has 1 N–H and O–H groups in total. The Labute approximate surface area is 124 Å². The molecule has 0 spiro atoms. The molecule has 1 aromatic carbocycles. The number of nitrogens with zero attached hydrogens (tertiary/aromatic N) is 1. The van der Waals surface area contributed by atoms with Crippen molar-refractivity contribution in [2.24, 2.45) is 5.92 Å². The zero-order valence-electron chi connectivity index (χ0n) is 11.6. The molecule has 0 saturated carbocycles. The van der Waals surface area contributed by atoms with Crippen LogP contribution in [0.1, 0.15) is 18.9 Å². The number of piperidine rings is 1. The van der Waals surface area contributed by atoms with E-state index in [4.69, 9.17) is 21.1 Å². The number of benzene rings is 1. The Morgan fingerprint density at radius 2 is 2.15 bits per heavy atom. The van der Waals surface area contributed by atoms with Crippen molar-refractivity contribution in [2.75, 3.05) is 26.3 Å². The summed E-state index contributed by atoms with van der Waals surface area (Å²) >= 11 is 6.24. The lowest BCUT2D eigenvalue weighted by Crippen LogP contribution is -2.42. The smallest absolute Gasteiger partial charge is 0.179 e. The Hall–Kier alpha value is -0.970. The third kappa shape index (κ3) is 2.87. The van der Waals surface area contributed by atoms with Crippen molar-refractivity contribution in [3.8, 4) is 11.5 Å². The minimum absolute atomic E-state index is 0.239. The first kappa shape index (κ1) is 14.0. The first-order chi connectivity index (χ1) is 9.63. The summed E-state index contributed by atoms with van der Waals surface area (Å²) in [4.78, 5) is 2.26. The van der Waals surface area contributed by atoms with Gasteiger partial charge in [0.15, 0.2) is 11.5 Å².